The van der Waals surface area contributed by atoms with Gasteiger partial charge in [-0.1, -0.05) is 0 Å². The van der Waals surface area contributed by atoms with Gasteiger partial charge in [0.25, 0.3) is 5.91 Å². The smallest absolute Gasteiger partial charge is 0.261 e. The first-order chi connectivity index (χ1) is 5.31. The first kappa shape index (κ1) is 10.1. The van der Waals surface area contributed by atoms with Crippen molar-refractivity contribution in [3.8, 4) is 0 Å². The van der Waals surface area contributed by atoms with Gasteiger partial charge in [-0.05, 0) is 13.3 Å². The van der Waals surface area contributed by atoms with Crippen molar-refractivity contribution in [3.05, 3.63) is 0 Å². The molecule has 64 valence electrons. The molecule has 1 amide bonds. The van der Waals surface area contributed by atoms with Crippen LogP contribution in [0.3, 0.4) is 0 Å². The second-order valence-electron chi connectivity index (χ2n) is 1.99. The molecule has 0 aromatic rings. The van der Waals surface area contributed by atoms with Gasteiger partial charge in [0.05, 0.1) is 6.21 Å². The van der Waals surface area contributed by atoms with Crippen molar-refractivity contribution in [2.75, 3.05) is 19.8 Å². The predicted molar refractivity (Wildman–Crippen MR) is 42.9 cm³/mol. The number of carbonyl (C=O) groups excluding carboxylic acids is 1. The molecule has 2 N–H and O–H groups in total. The average Bonchev–Trinajstić information content (AvgIpc) is 2.04. The summed E-state index contributed by atoms with van der Waals surface area (Å²) in [7, 11) is 0. The molecule has 0 saturated carbocycles. The molecule has 0 aromatic carbocycles. The molecular weight excluding hydrogens is 144 g/mol. The molecule has 0 fully saturated rings. The van der Waals surface area contributed by atoms with E-state index in [1.165, 1.54) is 0 Å². The van der Waals surface area contributed by atoms with Crippen LogP contribution in [0, 0.1) is 5.41 Å². The monoisotopic (exact) mass is 158 g/mol. The molecule has 4 nitrogen and oxygen atoms in total. The summed E-state index contributed by atoms with van der Waals surface area (Å²) in [6, 6.07) is 0. The molecule has 0 unspecified atom stereocenters. The van der Waals surface area contributed by atoms with Crippen LogP contribution in [0.5, 0.6) is 0 Å². The van der Waals surface area contributed by atoms with Gasteiger partial charge in [0.1, 0.15) is 0 Å². The molecule has 0 aliphatic carbocycles. The Morgan fingerprint density at radius 3 is 3.00 bits per heavy atom. The van der Waals surface area contributed by atoms with Crippen molar-refractivity contribution in [2.24, 2.45) is 0 Å². The fourth-order valence-corrected chi connectivity index (χ4v) is 0.581. The molecular formula is C7H14N2O2. The minimum absolute atomic E-state index is 0.346. The summed E-state index contributed by atoms with van der Waals surface area (Å²) in [5.74, 6) is -0.346. The Balaban J connectivity index is 3.01. The lowest BCUT2D eigenvalue weighted by Crippen LogP contribution is -2.25. The van der Waals surface area contributed by atoms with E-state index in [0.29, 0.717) is 19.8 Å². The van der Waals surface area contributed by atoms with Crippen molar-refractivity contribution in [1.82, 2.24) is 5.32 Å². The van der Waals surface area contributed by atoms with Crippen LogP contribution in [-0.2, 0) is 9.53 Å². The summed E-state index contributed by atoms with van der Waals surface area (Å²) in [5.41, 5.74) is 0. The van der Waals surface area contributed by atoms with Gasteiger partial charge in [0.2, 0.25) is 0 Å². The molecule has 0 rings (SSSR count). The number of hydrogen-bond donors (Lipinski definition) is 2. The number of nitrogens with one attached hydrogen (secondary N) is 2. The molecule has 0 atom stereocenters. The third-order valence-electron chi connectivity index (χ3n) is 1.10. The Kier molecular flexibility index (Phi) is 6.62. The maximum atomic E-state index is 10.4. The summed E-state index contributed by atoms with van der Waals surface area (Å²) >= 11 is 0. The normalized spacial score (nSPS) is 9.18. The quantitative estimate of drug-likeness (QED) is 0.428. The maximum absolute atomic E-state index is 10.4. The maximum Gasteiger partial charge on any atom is 0.261 e. The lowest BCUT2D eigenvalue weighted by Gasteiger charge is -2.01. The van der Waals surface area contributed by atoms with E-state index in [1.807, 2.05) is 6.92 Å². The highest BCUT2D eigenvalue weighted by atomic mass is 16.5. The van der Waals surface area contributed by atoms with Gasteiger partial charge in [-0.15, -0.1) is 0 Å². The van der Waals surface area contributed by atoms with E-state index in [9.17, 15) is 4.79 Å². The van der Waals surface area contributed by atoms with Crippen molar-refractivity contribution in [2.45, 2.75) is 13.3 Å². The van der Waals surface area contributed by atoms with E-state index in [0.717, 1.165) is 12.6 Å². The zero-order valence-corrected chi connectivity index (χ0v) is 6.72. The second kappa shape index (κ2) is 7.21. The number of amides is 1. The Bertz CT molecular complexity index is 126. The predicted octanol–water partition coefficient (Wildman–Crippen LogP) is 0.179. The number of carbonyl (C=O) groups is 1. The molecule has 0 aromatic heterocycles. The Hall–Kier alpha value is -0.900. The highest BCUT2D eigenvalue weighted by Gasteiger charge is 1.92. The van der Waals surface area contributed by atoms with Gasteiger partial charge < -0.3 is 15.5 Å². The van der Waals surface area contributed by atoms with Crippen LogP contribution in [0.4, 0.5) is 0 Å². The van der Waals surface area contributed by atoms with Crippen LogP contribution in [-0.4, -0.2) is 31.9 Å². The third kappa shape index (κ3) is 6.99. The van der Waals surface area contributed by atoms with E-state index >= 15 is 0 Å². The third-order valence-corrected chi connectivity index (χ3v) is 1.10. The van der Waals surface area contributed by atoms with Crippen LogP contribution in [0.25, 0.3) is 0 Å². The van der Waals surface area contributed by atoms with Crippen LogP contribution in [0.15, 0.2) is 0 Å². The fourth-order valence-electron chi connectivity index (χ4n) is 0.581. The van der Waals surface area contributed by atoms with Gasteiger partial charge >= 0.3 is 0 Å². The Morgan fingerprint density at radius 2 is 2.45 bits per heavy atom. The summed E-state index contributed by atoms with van der Waals surface area (Å²) in [4.78, 5) is 10.4. The highest BCUT2D eigenvalue weighted by molar-refractivity contribution is 6.24. The van der Waals surface area contributed by atoms with E-state index in [-0.39, 0.29) is 5.91 Å². The summed E-state index contributed by atoms with van der Waals surface area (Å²) < 4.78 is 5.04. The SMILES string of the molecule is CCOCCCNC(=O)C=N. The van der Waals surface area contributed by atoms with Crippen molar-refractivity contribution >= 4 is 12.1 Å². The molecule has 0 radical (unpaired) electrons. The first-order valence-corrected chi connectivity index (χ1v) is 3.67. The second-order valence-corrected chi connectivity index (χ2v) is 1.99. The van der Waals surface area contributed by atoms with Crippen LogP contribution < -0.4 is 5.32 Å². The van der Waals surface area contributed by atoms with Crippen molar-refractivity contribution in [1.29, 1.82) is 5.41 Å². The van der Waals surface area contributed by atoms with Crippen LogP contribution in [0.1, 0.15) is 13.3 Å². The van der Waals surface area contributed by atoms with Gasteiger partial charge in [0, 0.05) is 19.8 Å². The van der Waals surface area contributed by atoms with E-state index in [2.05, 4.69) is 5.32 Å². The lowest BCUT2D eigenvalue weighted by molar-refractivity contribution is -0.114. The van der Waals surface area contributed by atoms with Gasteiger partial charge in [-0.2, -0.15) is 0 Å². The molecule has 0 aliphatic rings. The average molecular weight is 158 g/mol. The molecule has 0 spiro atoms. The summed E-state index contributed by atoms with van der Waals surface area (Å²) in [6.07, 6.45) is 1.56. The molecule has 11 heavy (non-hydrogen) atoms. The Morgan fingerprint density at radius 1 is 1.73 bits per heavy atom. The molecule has 4 heteroatoms. The zero-order chi connectivity index (χ0) is 8.53. The largest absolute Gasteiger partial charge is 0.382 e. The minimum Gasteiger partial charge on any atom is -0.382 e. The number of rotatable bonds is 6. The lowest BCUT2D eigenvalue weighted by atomic mass is 10.4. The highest BCUT2D eigenvalue weighted by Crippen LogP contribution is 1.79. The topological polar surface area (TPSA) is 62.2 Å². The molecule has 0 heterocycles. The first-order valence-electron chi connectivity index (χ1n) is 3.67. The molecule has 0 saturated heterocycles. The van der Waals surface area contributed by atoms with E-state index in [1.54, 1.807) is 0 Å². The van der Waals surface area contributed by atoms with Crippen molar-refractivity contribution in [3.63, 3.8) is 0 Å². The standard InChI is InChI=1S/C7H14N2O2/c1-2-11-5-3-4-9-7(10)6-8/h6,8H,2-5H2,1H3,(H,9,10). The minimum atomic E-state index is -0.346. The van der Waals surface area contributed by atoms with Crippen LogP contribution in [0.2, 0.25) is 0 Å². The summed E-state index contributed by atoms with van der Waals surface area (Å²) in [6.45, 7) is 3.87. The number of ether oxygens (including phenoxy) is 1. The molecule has 0 aliphatic heterocycles. The van der Waals surface area contributed by atoms with Gasteiger partial charge in [-0.25, -0.2) is 0 Å². The number of hydrogen-bond acceptors (Lipinski definition) is 3. The van der Waals surface area contributed by atoms with E-state index in [4.69, 9.17) is 10.1 Å². The van der Waals surface area contributed by atoms with Gasteiger partial charge in [-0.3, -0.25) is 4.79 Å². The zero-order valence-electron chi connectivity index (χ0n) is 6.72. The van der Waals surface area contributed by atoms with Crippen molar-refractivity contribution < 1.29 is 9.53 Å². The summed E-state index contributed by atoms with van der Waals surface area (Å²) in [5, 5.41) is 9.09. The Labute approximate surface area is 66.4 Å². The van der Waals surface area contributed by atoms with E-state index < -0.39 is 0 Å². The van der Waals surface area contributed by atoms with Gasteiger partial charge in [0.15, 0.2) is 0 Å². The van der Waals surface area contributed by atoms with Crippen LogP contribution >= 0.6 is 0 Å². The molecule has 0 bridgehead atoms. The fraction of sp³-hybridized carbons (Fsp3) is 0.714.